The summed E-state index contributed by atoms with van der Waals surface area (Å²) < 4.78 is 4.25. The number of likely N-dealkylation sites (N-methyl/N-ethyl adjacent to an activating group) is 1. The lowest BCUT2D eigenvalue weighted by Crippen LogP contribution is -2.19. The highest BCUT2D eigenvalue weighted by molar-refractivity contribution is 8.13. The first-order chi connectivity index (χ1) is 5.50. The first kappa shape index (κ1) is 9.95. The van der Waals surface area contributed by atoms with Gasteiger partial charge in [-0.15, -0.1) is 6.42 Å². The zero-order chi connectivity index (χ0) is 9.35. The Balaban J connectivity index is 3.02. The summed E-state index contributed by atoms with van der Waals surface area (Å²) >= 11 is 5.55. The third-order valence-electron chi connectivity index (χ3n) is 1.97. The van der Waals surface area contributed by atoms with Crippen LogP contribution in [0.15, 0.2) is 11.4 Å². The van der Waals surface area contributed by atoms with Gasteiger partial charge in [-0.05, 0) is 27.0 Å². The van der Waals surface area contributed by atoms with Gasteiger partial charge in [0, 0.05) is 12.1 Å². The lowest BCUT2D eigenvalue weighted by atomic mass is 10.3. The molecule has 1 heterocycles. The zero-order valence-corrected chi connectivity index (χ0v) is 9.32. The highest BCUT2D eigenvalue weighted by Crippen LogP contribution is 2.56. The zero-order valence-electron chi connectivity index (χ0n) is 7.61. The summed E-state index contributed by atoms with van der Waals surface area (Å²) in [6.07, 6.45) is 3.72. The van der Waals surface area contributed by atoms with E-state index in [-0.39, 0.29) is 0 Å². The van der Waals surface area contributed by atoms with Crippen molar-refractivity contribution in [3.63, 3.8) is 0 Å². The SMILES string of the molecule is C#CC1=CP(=S)(N(C)C)N(C)C1. The van der Waals surface area contributed by atoms with Gasteiger partial charge >= 0.3 is 0 Å². The average molecular weight is 200 g/mol. The summed E-state index contributed by atoms with van der Waals surface area (Å²) in [7, 11) is 6.04. The smallest absolute Gasteiger partial charge is 0.1000 e. The van der Waals surface area contributed by atoms with Crippen LogP contribution in [-0.4, -0.2) is 37.0 Å². The molecule has 0 saturated carbocycles. The molecule has 1 aliphatic heterocycles. The van der Waals surface area contributed by atoms with Crippen LogP contribution in [0.2, 0.25) is 0 Å². The summed E-state index contributed by atoms with van der Waals surface area (Å²) in [4.78, 5) is 0. The molecule has 1 rings (SSSR count). The first-order valence-electron chi connectivity index (χ1n) is 3.68. The van der Waals surface area contributed by atoms with E-state index in [0.29, 0.717) is 0 Å². The largest absolute Gasteiger partial charge is 0.267 e. The van der Waals surface area contributed by atoms with Gasteiger partial charge in [-0.2, -0.15) is 0 Å². The molecule has 0 bridgehead atoms. The van der Waals surface area contributed by atoms with Crippen LogP contribution in [0, 0.1) is 12.3 Å². The van der Waals surface area contributed by atoms with E-state index in [1.165, 1.54) is 0 Å². The lowest BCUT2D eigenvalue weighted by molar-refractivity contribution is 0.554. The predicted octanol–water partition coefficient (Wildman–Crippen LogP) is 1.32. The standard InChI is InChI=1S/C8H13N2PS/c1-5-8-6-10(4)11(12,7-8)9(2)3/h1,7H,6H2,2-4H3. The Labute approximate surface area is 79.3 Å². The van der Waals surface area contributed by atoms with Crippen molar-refractivity contribution in [2.75, 3.05) is 27.7 Å². The number of terminal acetylenes is 1. The molecule has 66 valence electrons. The van der Waals surface area contributed by atoms with Gasteiger partial charge in [0.2, 0.25) is 0 Å². The maximum atomic E-state index is 5.55. The normalized spacial score (nSPS) is 30.4. The van der Waals surface area contributed by atoms with Gasteiger partial charge in [0.15, 0.2) is 0 Å². The number of hydrogen-bond acceptors (Lipinski definition) is 1. The van der Waals surface area contributed by atoms with Crippen LogP contribution in [0.25, 0.3) is 0 Å². The van der Waals surface area contributed by atoms with E-state index < -0.39 is 6.34 Å². The van der Waals surface area contributed by atoms with Gasteiger partial charge in [-0.1, -0.05) is 17.7 Å². The summed E-state index contributed by atoms with van der Waals surface area (Å²) in [6, 6.07) is 0. The van der Waals surface area contributed by atoms with Crippen LogP contribution >= 0.6 is 6.34 Å². The molecule has 0 amide bonds. The van der Waals surface area contributed by atoms with Crippen LogP contribution in [0.1, 0.15) is 0 Å². The molecule has 1 unspecified atom stereocenters. The monoisotopic (exact) mass is 200 g/mol. The fourth-order valence-electron chi connectivity index (χ4n) is 1.19. The molecule has 0 aromatic heterocycles. The van der Waals surface area contributed by atoms with E-state index >= 15 is 0 Å². The predicted molar refractivity (Wildman–Crippen MR) is 57.5 cm³/mol. The van der Waals surface area contributed by atoms with Crippen LogP contribution < -0.4 is 0 Å². The molecule has 0 spiro atoms. The second-order valence-electron chi connectivity index (χ2n) is 3.05. The minimum atomic E-state index is -1.61. The quantitative estimate of drug-likeness (QED) is 0.465. The Morgan fingerprint density at radius 1 is 1.75 bits per heavy atom. The van der Waals surface area contributed by atoms with Gasteiger partial charge in [-0.3, -0.25) is 9.34 Å². The molecule has 2 nitrogen and oxygen atoms in total. The van der Waals surface area contributed by atoms with Gasteiger partial charge in [0.1, 0.15) is 0 Å². The Hall–Kier alpha value is -0.130. The third kappa shape index (κ3) is 1.48. The molecule has 1 aliphatic rings. The van der Waals surface area contributed by atoms with Crippen molar-refractivity contribution in [2.24, 2.45) is 0 Å². The Morgan fingerprint density at radius 3 is 2.58 bits per heavy atom. The van der Waals surface area contributed by atoms with Crippen molar-refractivity contribution in [3.8, 4) is 12.3 Å². The molecule has 0 saturated heterocycles. The van der Waals surface area contributed by atoms with Crippen molar-refractivity contribution in [2.45, 2.75) is 0 Å². The second-order valence-corrected chi connectivity index (χ2v) is 7.58. The summed E-state index contributed by atoms with van der Waals surface area (Å²) in [5.41, 5.74) is 1.02. The summed E-state index contributed by atoms with van der Waals surface area (Å²) in [5, 5.41) is 0. The Bertz CT molecular complexity index is 301. The van der Waals surface area contributed by atoms with Crippen molar-refractivity contribution >= 4 is 18.1 Å². The van der Waals surface area contributed by atoms with E-state index in [2.05, 4.69) is 21.1 Å². The van der Waals surface area contributed by atoms with E-state index in [0.717, 1.165) is 12.1 Å². The molecule has 4 heteroatoms. The van der Waals surface area contributed by atoms with Crippen LogP contribution in [0.5, 0.6) is 0 Å². The average Bonchev–Trinajstić information content (AvgIpc) is 2.29. The van der Waals surface area contributed by atoms with Gasteiger partial charge in [-0.25, -0.2) is 0 Å². The Morgan fingerprint density at radius 2 is 2.33 bits per heavy atom. The fourth-order valence-corrected chi connectivity index (χ4v) is 3.70. The molecule has 0 N–H and O–H groups in total. The maximum absolute atomic E-state index is 5.55. The molecule has 0 aromatic rings. The van der Waals surface area contributed by atoms with Gasteiger partial charge in [0.05, 0.1) is 6.34 Å². The highest BCUT2D eigenvalue weighted by atomic mass is 32.4. The van der Waals surface area contributed by atoms with Crippen molar-refractivity contribution < 1.29 is 0 Å². The first-order valence-corrected chi connectivity index (χ1v) is 6.46. The number of rotatable bonds is 1. The molecule has 1 atom stereocenters. The fraction of sp³-hybridized carbons (Fsp3) is 0.500. The topological polar surface area (TPSA) is 6.48 Å². The van der Waals surface area contributed by atoms with E-state index in [1.807, 2.05) is 21.1 Å². The minimum Gasteiger partial charge on any atom is -0.267 e. The second kappa shape index (κ2) is 3.32. The molecular formula is C8H13N2PS. The third-order valence-corrected chi connectivity index (χ3v) is 7.02. The lowest BCUT2D eigenvalue weighted by Gasteiger charge is -2.29. The Kier molecular flexibility index (Phi) is 2.75. The van der Waals surface area contributed by atoms with E-state index in [1.54, 1.807) is 0 Å². The van der Waals surface area contributed by atoms with Crippen LogP contribution in [-0.2, 0) is 11.8 Å². The van der Waals surface area contributed by atoms with Crippen molar-refractivity contribution in [1.29, 1.82) is 0 Å². The van der Waals surface area contributed by atoms with Gasteiger partial charge in [0.25, 0.3) is 0 Å². The van der Waals surface area contributed by atoms with E-state index in [9.17, 15) is 0 Å². The van der Waals surface area contributed by atoms with Crippen LogP contribution in [0.3, 0.4) is 0 Å². The molecular weight excluding hydrogens is 187 g/mol. The van der Waals surface area contributed by atoms with Crippen LogP contribution in [0.4, 0.5) is 0 Å². The maximum Gasteiger partial charge on any atom is 0.1000 e. The number of hydrogen-bond donors (Lipinski definition) is 0. The molecule has 0 radical (unpaired) electrons. The molecule has 0 aromatic carbocycles. The minimum absolute atomic E-state index is 0.825. The van der Waals surface area contributed by atoms with Crippen molar-refractivity contribution in [1.82, 2.24) is 9.34 Å². The summed E-state index contributed by atoms with van der Waals surface area (Å²) in [5.74, 6) is 4.73. The van der Waals surface area contributed by atoms with Gasteiger partial charge < -0.3 is 0 Å². The highest BCUT2D eigenvalue weighted by Gasteiger charge is 2.29. The molecule has 0 fully saturated rings. The summed E-state index contributed by atoms with van der Waals surface area (Å²) in [6.45, 7) is 0.825. The van der Waals surface area contributed by atoms with E-state index in [4.69, 9.17) is 18.2 Å². The van der Waals surface area contributed by atoms with Crippen molar-refractivity contribution in [3.05, 3.63) is 11.4 Å². The molecule has 12 heavy (non-hydrogen) atoms. The molecule has 0 aliphatic carbocycles. The number of nitrogens with zero attached hydrogens (tertiary/aromatic N) is 2.